The lowest BCUT2D eigenvalue weighted by atomic mass is 10.1. The summed E-state index contributed by atoms with van der Waals surface area (Å²) in [5.41, 5.74) is 1.64. The fourth-order valence-corrected chi connectivity index (χ4v) is 2.59. The predicted octanol–water partition coefficient (Wildman–Crippen LogP) is 2.07. The molecule has 2 aromatic rings. The maximum absolute atomic E-state index is 10.6. The topological polar surface area (TPSA) is 56.5 Å². The molecule has 1 atom stereocenters. The van der Waals surface area contributed by atoms with Gasteiger partial charge in [-0.2, -0.15) is 0 Å². The zero-order valence-corrected chi connectivity index (χ0v) is 11.0. The highest BCUT2D eigenvalue weighted by Crippen LogP contribution is 2.39. The van der Waals surface area contributed by atoms with Gasteiger partial charge in [-0.1, -0.05) is 6.07 Å². The summed E-state index contributed by atoms with van der Waals surface area (Å²) in [6.07, 6.45) is 5.18. The molecule has 1 aromatic heterocycles. The zero-order chi connectivity index (χ0) is 13.5. The van der Waals surface area contributed by atoms with Crippen molar-refractivity contribution in [1.29, 1.82) is 0 Å². The third kappa shape index (κ3) is 1.94. The van der Waals surface area contributed by atoms with Crippen LogP contribution in [0.25, 0.3) is 0 Å². The summed E-state index contributed by atoms with van der Waals surface area (Å²) < 4.78 is 13.1. The van der Waals surface area contributed by atoms with Crippen molar-refractivity contribution in [1.82, 2.24) is 9.55 Å². The summed E-state index contributed by atoms with van der Waals surface area (Å²) in [4.78, 5) is 4.16. The van der Waals surface area contributed by atoms with E-state index in [-0.39, 0.29) is 0 Å². The van der Waals surface area contributed by atoms with Crippen molar-refractivity contribution < 1.29 is 14.6 Å². The number of fused-ring (bicyclic) bond motifs is 1. The molecule has 0 spiro atoms. The second-order valence-electron chi connectivity index (χ2n) is 5.26. The van der Waals surface area contributed by atoms with E-state index in [4.69, 9.17) is 9.47 Å². The van der Waals surface area contributed by atoms with Crippen molar-refractivity contribution >= 4 is 0 Å². The van der Waals surface area contributed by atoms with Crippen molar-refractivity contribution in [2.45, 2.75) is 25.0 Å². The molecule has 5 heteroatoms. The normalized spacial score (nSPS) is 18.9. The smallest absolute Gasteiger partial charge is 0.161 e. The number of aliphatic hydroxyl groups is 1. The molecule has 1 aliphatic heterocycles. The maximum atomic E-state index is 10.6. The Labute approximate surface area is 116 Å². The molecule has 5 nitrogen and oxygen atoms in total. The van der Waals surface area contributed by atoms with Crippen LogP contribution in [0.15, 0.2) is 30.7 Å². The van der Waals surface area contributed by atoms with Crippen LogP contribution < -0.4 is 9.47 Å². The largest absolute Gasteiger partial charge is 0.486 e. The molecular weight excluding hydrogens is 256 g/mol. The summed E-state index contributed by atoms with van der Waals surface area (Å²) in [6, 6.07) is 6.08. The summed E-state index contributed by atoms with van der Waals surface area (Å²) >= 11 is 0. The highest BCUT2D eigenvalue weighted by Gasteiger charge is 2.28. The monoisotopic (exact) mass is 272 g/mol. The third-order valence-electron chi connectivity index (χ3n) is 3.80. The van der Waals surface area contributed by atoms with Crippen LogP contribution in [0.1, 0.15) is 36.2 Å². The number of hydrogen-bond acceptors (Lipinski definition) is 4. The number of hydrogen-bond donors (Lipinski definition) is 1. The molecule has 20 heavy (non-hydrogen) atoms. The highest BCUT2D eigenvalue weighted by molar-refractivity contribution is 5.45. The van der Waals surface area contributed by atoms with Crippen LogP contribution in [0.3, 0.4) is 0 Å². The number of benzene rings is 1. The molecule has 104 valence electrons. The summed E-state index contributed by atoms with van der Waals surface area (Å²) in [5, 5.41) is 10.6. The van der Waals surface area contributed by atoms with E-state index in [0.29, 0.717) is 25.0 Å². The van der Waals surface area contributed by atoms with E-state index in [1.54, 1.807) is 12.5 Å². The number of ether oxygens (including phenoxy) is 2. The van der Waals surface area contributed by atoms with E-state index in [1.807, 2.05) is 18.2 Å². The van der Waals surface area contributed by atoms with Crippen molar-refractivity contribution in [3.05, 3.63) is 42.0 Å². The number of rotatable bonds is 3. The van der Waals surface area contributed by atoms with Gasteiger partial charge >= 0.3 is 0 Å². The molecular formula is C15H16N2O3. The molecule has 1 unspecified atom stereocenters. The van der Waals surface area contributed by atoms with Gasteiger partial charge in [-0.25, -0.2) is 4.98 Å². The standard InChI is InChI=1S/C15H16N2O3/c18-15(12-8-16-9-17(12)11-2-3-11)10-1-4-13-14(7-10)20-6-5-19-13/h1,4,7-9,11,15,18H,2-3,5-6H2. The molecule has 1 saturated carbocycles. The molecule has 1 aromatic carbocycles. The van der Waals surface area contributed by atoms with Gasteiger partial charge in [-0.3, -0.25) is 0 Å². The zero-order valence-electron chi connectivity index (χ0n) is 11.0. The van der Waals surface area contributed by atoms with Crippen molar-refractivity contribution in [3.63, 3.8) is 0 Å². The lowest BCUT2D eigenvalue weighted by molar-refractivity contribution is 0.169. The first kappa shape index (κ1) is 11.8. The Bertz CT molecular complexity index is 634. The van der Waals surface area contributed by atoms with E-state index in [9.17, 15) is 5.11 Å². The molecule has 1 aliphatic carbocycles. The molecule has 0 radical (unpaired) electrons. The Kier molecular flexibility index (Phi) is 2.67. The Morgan fingerprint density at radius 1 is 1.20 bits per heavy atom. The van der Waals surface area contributed by atoms with Crippen molar-refractivity contribution in [2.24, 2.45) is 0 Å². The number of aliphatic hydroxyl groups excluding tert-OH is 1. The molecule has 2 aliphatic rings. The van der Waals surface area contributed by atoms with Gasteiger partial charge < -0.3 is 19.1 Å². The molecule has 2 heterocycles. The minimum absolute atomic E-state index is 0.499. The van der Waals surface area contributed by atoms with Crippen LogP contribution in [0.4, 0.5) is 0 Å². The Hall–Kier alpha value is -2.01. The SMILES string of the molecule is OC(c1ccc2c(c1)OCCO2)c1cncn1C1CC1. The van der Waals surface area contributed by atoms with Gasteiger partial charge in [0.05, 0.1) is 18.2 Å². The average molecular weight is 272 g/mol. The number of aromatic nitrogens is 2. The van der Waals surface area contributed by atoms with Crippen LogP contribution in [0.2, 0.25) is 0 Å². The van der Waals surface area contributed by atoms with Gasteiger partial charge in [-0.05, 0) is 30.5 Å². The van der Waals surface area contributed by atoms with Crippen LogP contribution in [-0.4, -0.2) is 27.9 Å². The molecule has 0 bridgehead atoms. The van der Waals surface area contributed by atoms with Gasteiger partial charge in [0, 0.05) is 6.04 Å². The van der Waals surface area contributed by atoms with Crippen LogP contribution in [0.5, 0.6) is 11.5 Å². The van der Waals surface area contributed by atoms with Crippen molar-refractivity contribution in [3.8, 4) is 11.5 Å². The van der Waals surface area contributed by atoms with Crippen molar-refractivity contribution in [2.75, 3.05) is 13.2 Å². The minimum atomic E-state index is -0.686. The Morgan fingerprint density at radius 2 is 2.00 bits per heavy atom. The van der Waals surface area contributed by atoms with Crippen LogP contribution in [-0.2, 0) is 0 Å². The Morgan fingerprint density at radius 3 is 2.80 bits per heavy atom. The highest BCUT2D eigenvalue weighted by atomic mass is 16.6. The van der Waals surface area contributed by atoms with Gasteiger partial charge in [0.25, 0.3) is 0 Å². The number of imidazole rings is 1. The molecule has 4 rings (SSSR count). The summed E-state index contributed by atoms with van der Waals surface area (Å²) in [6.45, 7) is 1.12. The number of nitrogens with zero attached hydrogens (tertiary/aromatic N) is 2. The van der Waals surface area contributed by atoms with Gasteiger partial charge in [0.1, 0.15) is 19.3 Å². The van der Waals surface area contributed by atoms with Crippen LogP contribution >= 0.6 is 0 Å². The lowest BCUT2D eigenvalue weighted by Crippen LogP contribution is -2.16. The third-order valence-corrected chi connectivity index (χ3v) is 3.80. The quantitative estimate of drug-likeness (QED) is 0.929. The van der Waals surface area contributed by atoms with Gasteiger partial charge in [0.2, 0.25) is 0 Å². The van der Waals surface area contributed by atoms with E-state index in [1.165, 1.54) is 0 Å². The fourth-order valence-electron chi connectivity index (χ4n) is 2.59. The molecule has 0 amide bonds. The second kappa shape index (κ2) is 4.52. The molecule has 1 N–H and O–H groups in total. The molecule has 0 saturated heterocycles. The van der Waals surface area contributed by atoms with Gasteiger partial charge in [0.15, 0.2) is 11.5 Å². The molecule has 1 fully saturated rings. The maximum Gasteiger partial charge on any atom is 0.161 e. The van der Waals surface area contributed by atoms with E-state index < -0.39 is 6.10 Å². The summed E-state index contributed by atoms with van der Waals surface area (Å²) in [5.74, 6) is 1.44. The van der Waals surface area contributed by atoms with E-state index >= 15 is 0 Å². The minimum Gasteiger partial charge on any atom is -0.486 e. The Balaban J connectivity index is 1.67. The first-order chi connectivity index (χ1) is 9.83. The van der Waals surface area contributed by atoms with E-state index in [2.05, 4.69) is 9.55 Å². The van der Waals surface area contributed by atoms with Gasteiger partial charge in [-0.15, -0.1) is 0 Å². The predicted molar refractivity (Wildman–Crippen MR) is 72.0 cm³/mol. The second-order valence-corrected chi connectivity index (χ2v) is 5.26. The lowest BCUT2D eigenvalue weighted by Gasteiger charge is -2.20. The fraction of sp³-hybridized carbons (Fsp3) is 0.400. The summed E-state index contributed by atoms with van der Waals surface area (Å²) in [7, 11) is 0. The first-order valence-electron chi connectivity index (χ1n) is 6.92. The average Bonchev–Trinajstić information content (AvgIpc) is 3.23. The first-order valence-corrected chi connectivity index (χ1v) is 6.92. The van der Waals surface area contributed by atoms with Crippen LogP contribution in [0, 0.1) is 0 Å². The van der Waals surface area contributed by atoms with E-state index in [0.717, 1.165) is 29.8 Å².